The summed E-state index contributed by atoms with van der Waals surface area (Å²) < 4.78 is 0. The average Bonchev–Trinajstić information content (AvgIpc) is 2.22. The van der Waals surface area contributed by atoms with Gasteiger partial charge < -0.3 is 5.73 Å². The van der Waals surface area contributed by atoms with Crippen molar-refractivity contribution in [3.8, 4) is 0 Å². The van der Waals surface area contributed by atoms with Gasteiger partial charge >= 0.3 is 0 Å². The maximum Gasteiger partial charge on any atom is 0.253 e. The van der Waals surface area contributed by atoms with Crippen molar-refractivity contribution in [1.82, 2.24) is 5.01 Å². The predicted molar refractivity (Wildman–Crippen MR) is 64.6 cm³/mol. The normalized spacial score (nSPS) is 12.3. The maximum atomic E-state index is 11.5. The Morgan fingerprint density at radius 1 is 1.44 bits per heavy atom. The smallest absolute Gasteiger partial charge is 0.253 e. The Hall–Kier alpha value is -1.39. The molecule has 16 heavy (non-hydrogen) atoms. The Balaban J connectivity index is 2.80. The van der Waals surface area contributed by atoms with E-state index in [0.717, 1.165) is 16.1 Å². The summed E-state index contributed by atoms with van der Waals surface area (Å²) in [7, 11) is 1.51. The Labute approximate surface area is 96.2 Å². The van der Waals surface area contributed by atoms with Crippen LogP contribution in [0.1, 0.15) is 16.7 Å². The van der Waals surface area contributed by atoms with Gasteiger partial charge in [0.15, 0.2) is 0 Å². The molecule has 1 aromatic carbocycles. The van der Waals surface area contributed by atoms with Crippen molar-refractivity contribution >= 4 is 5.91 Å². The van der Waals surface area contributed by atoms with Crippen LogP contribution in [0, 0.1) is 13.8 Å². The molecule has 0 aliphatic rings. The number of nitrogens with zero attached hydrogens (tertiary/aromatic N) is 1. The van der Waals surface area contributed by atoms with Crippen LogP contribution in [0.15, 0.2) is 18.2 Å². The second kappa shape index (κ2) is 5.09. The third-order valence-electron chi connectivity index (χ3n) is 2.61. The molecule has 0 aliphatic heterocycles. The lowest BCUT2D eigenvalue weighted by Crippen LogP contribution is -2.46. The first-order valence-corrected chi connectivity index (χ1v) is 5.25. The molecule has 0 aliphatic carbocycles. The third-order valence-corrected chi connectivity index (χ3v) is 2.61. The van der Waals surface area contributed by atoms with E-state index in [4.69, 9.17) is 11.6 Å². The second-order valence-corrected chi connectivity index (χ2v) is 4.19. The van der Waals surface area contributed by atoms with E-state index < -0.39 is 6.04 Å². The number of hydrazine groups is 1. The fourth-order valence-electron chi connectivity index (χ4n) is 1.61. The van der Waals surface area contributed by atoms with Gasteiger partial charge in [0.25, 0.3) is 5.91 Å². The van der Waals surface area contributed by atoms with E-state index in [0.29, 0.717) is 6.42 Å². The van der Waals surface area contributed by atoms with E-state index in [-0.39, 0.29) is 5.91 Å². The quantitative estimate of drug-likeness (QED) is 0.443. The largest absolute Gasteiger partial charge is 0.320 e. The standard InChI is InChI=1S/C12H19N3O/c1-8-4-5-9(2)10(6-8)7-11(13)12(16)15(3)14/h4-6,11H,7,13-14H2,1-3H3. The molecular weight excluding hydrogens is 202 g/mol. The summed E-state index contributed by atoms with van der Waals surface area (Å²) in [6.45, 7) is 4.03. The van der Waals surface area contributed by atoms with Gasteiger partial charge in [0.1, 0.15) is 0 Å². The topological polar surface area (TPSA) is 72.4 Å². The summed E-state index contributed by atoms with van der Waals surface area (Å²) in [5, 5.41) is 1.04. The average molecular weight is 221 g/mol. The first-order chi connectivity index (χ1) is 7.41. The Kier molecular flexibility index (Phi) is 4.04. The molecule has 0 aromatic heterocycles. The summed E-state index contributed by atoms with van der Waals surface area (Å²) in [5.74, 6) is 5.11. The number of hydrogen-bond donors (Lipinski definition) is 2. The number of benzene rings is 1. The minimum absolute atomic E-state index is 0.249. The molecule has 0 radical (unpaired) electrons. The van der Waals surface area contributed by atoms with E-state index in [1.54, 1.807) is 0 Å². The zero-order valence-corrected chi connectivity index (χ0v) is 10.0. The van der Waals surface area contributed by atoms with Crippen molar-refractivity contribution in [1.29, 1.82) is 0 Å². The number of hydrogen-bond acceptors (Lipinski definition) is 3. The van der Waals surface area contributed by atoms with Gasteiger partial charge in [0.05, 0.1) is 6.04 Å². The molecule has 0 fully saturated rings. The highest BCUT2D eigenvalue weighted by Gasteiger charge is 2.17. The molecule has 0 heterocycles. The highest BCUT2D eigenvalue weighted by molar-refractivity contribution is 5.81. The first-order valence-electron chi connectivity index (χ1n) is 5.25. The summed E-state index contributed by atoms with van der Waals surface area (Å²) >= 11 is 0. The molecule has 1 unspecified atom stereocenters. The van der Waals surface area contributed by atoms with Crippen LogP contribution < -0.4 is 11.6 Å². The van der Waals surface area contributed by atoms with Gasteiger partial charge in [-0.25, -0.2) is 5.84 Å². The maximum absolute atomic E-state index is 11.5. The number of aryl methyl sites for hydroxylation is 2. The van der Waals surface area contributed by atoms with Gasteiger partial charge in [-0.05, 0) is 31.4 Å². The molecule has 1 amide bonds. The number of carbonyl (C=O) groups is 1. The van der Waals surface area contributed by atoms with Crippen molar-refractivity contribution in [2.45, 2.75) is 26.3 Å². The van der Waals surface area contributed by atoms with Crippen molar-refractivity contribution in [3.05, 3.63) is 34.9 Å². The van der Waals surface area contributed by atoms with Crippen LogP contribution in [0.3, 0.4) is 0 Å². The molecule has 0 saturated heterocycles. The molecular formula is C12H19N3O. The molecule has 88 valence electrons. The Morgan fingerprint density at radius 2 is 2.06 bits per heavy atom. The van der Waals surface area contributed by atoms with Gasteiger partial charge in [-0.3, -0.25) is 9.80 Å². The minimum Gasteiger partial charge on any atom is -0.320 e. The van der Waals surface area contributed by atoms with Crippen LogP contribution >= 0.6 is 0 Å². The zero-order valence-electron chi connectivity index (χ0n) is 10.0. The lowest BCUT2D eigenvalue weighted by atomic mass is 9.99. The van der Waals surface area contributed by atoms with Crippen molar-refractivity contribution in [2.75, 3.05) is 7.05 Å². The summed E-state index contributed by atoms with van der Waals surface area (Å²) in [6, 6.07) is 5.56. The van der Waals surface area contributed by atoms with Crippen molar-refractivity contribution < 1.29 is 4.79 Å². The Morgan fingerprint density at radius 3 is 2.62 bits per heavy atom. The van der Waals surface area contributed by atoms with E-state index in [9.17, 15) is 4.79 Å². The van der Waals surface area contributed by atoms with Crippen molar-refractivity contribution in [2.24, 2.45) is 11.6 Å². The molecule has 0 bridgehead atoms. The number of rotatable bonds is 3. The number of amides is 1. The fourth-order valence-corrected chi connectivity index (χ4v) is 1.61. The minimum atomic E-state index is -0.574. The van der Waals surface area contributed by atoms with Gasteiger partial charge in [0.2, 0.25) is 0 Å². The highest BCUT2D eigenvalue weighted by atomic mass is 16.2. The predicted octanol–water partition coefficient (Wildman–Crippen LogP) is 0.505. The molecule has 4 nitrogen and oxygen atoms in total. The number of carbonyl (C=O) groups excluding carboxylic acids is 1. The van der Waals surface area contributed by atoms with Gasteiger partial charge in [-0.1, -0.05) is 23.8 Å². The highest BCUT2D eigenvalue weighted by Crippen LogP contribution is 2.12. The summed E-state index contributed by atoms with van der Waals surface area (Å²) in [6.07, 6.45) is 0.522. The first kappa shape index (κ1) is 12.7. The van der Waals surface area contributed by atoms with E-state index in [2.05, 4.69) is 6.07 Å². The molecule has 4 N–H and O–H groups in total. The van der Waals surface area contributed by atoms with Crippen LogP contribution in [0.5, 0.6) is 0 Å². The number of nitrogens with two attached hydrogens (primary N) is 2. The van der Waals surface area contributed by atoms with E-state index in [1.807, 2.05) is 26.0 Å². The van der Waals surface area contributed by atoms with Crippen LogP contribution in [0.25, 0.3) is 0 Å². The van der Waals surface area contributed by atoms with E-state index in [1.165, 1.54) is 12.6 Å². The van der Waals surface area contributed by atoms with Crippen LogP contribution in [0.2, 0.25) is 0 Å². The van der Waals surface area contributed by atoms with Gasteiger partial charge in [-0.2, -0.15) is 0 Å². The molecule has 1 rings (SSSR count). The number of likely N-dealkylation sites (N-methyl/N-ethyl adjacent to an activating group) is 1. The van der Waals surface area contributed by atoms with Crippen LogP contribution in [-0.2, 0) is 11.2 Å². The van der Waals surface area contributed by atoms with Gasteiger partial charge in [-0.15, -0.1) is 0 Å². The fraction of sp³-hybridized carbons (Fsp3) is 0.417. The van der Waals surface area contributed by atoms with Crippen LogP contribution in [-0.4, -0.2) is 24.0 Å². The monoisotopic (exact) mass is 221 g/mol. The molecule has 1 aromatic rings. The molecule has 4 heteroatoms. The molecule has 1 atom stereocenters. The van der Waals surface area contributed by atoms with Gasteiger partial charge in [0, 0.05) is 7.05 Å². The van der Waals surface area contributed by atoms with E-state index >= 15 is 0 Å². The second-order valence-electron chi connectivity index (χ2n) is 4.19. The third kappa shape index (κ3) is 3.05. The Bertz CT molecular complexity index is 388. The summed E-state index contributed by atoms with van der Waals surface area (Å²) in [5.41, 5.74) is 9.21. The van der Waals surface area contributed by atoms with Crippen molar-refractivity contribution in [3.63, 3.8) is 0 Å². The molecule has 0 saturated carbocycles. The van der Waals surface area contributed by atoms with Crippen LogP contribution in [0.4, 0.5) is 0 Å². The lowest BCUT2D eigenvalue weighted by molar-refractivity contribution is -0.131. The zero-order chi connectivity index (χ0) is 12.3. The SMILES string of the molecule is Cc1ccc(C)c(CC(N)C(=O)N(C)N)c1. The lowest BCUT2D eigenvalue weighted by Gasteiger charge is -2.17. The summed E-state index contributed by atoms with van der Waals surface area (Å²) in [4.78, 5) is 11.5. The molecule has 0 spiro atoms.